The van der Waals surface area contributed by atoms with E-state index < -0.39 is 17.8 Å². The summed E-state index contributed by atoms with van der Waals surface area (Å²) in [5.74, 6) is 2.30. The van der Waals surface area contributed by atoms with Gasteiger partial charge in [0.15, 0.2) is 11.6 Å². The van der Waals surface area contributed by atoms with Crippen LogP contribution >= 0.6 is 0 Å². The molecule has 0 aromatic heterocycles. The van der Waals surface area contributed by atoms with E-state index in [4.69, 9.17) is 4.74 Å². The van der Waals surface area contributed by atoms with Gasteiger partial charge in [0.2, 0.25) is 0 Å². The average molecular weight is 397 g/mol. The molecule has 1 aromatic carbocycles. The van der Waals surface area contributed by atoms with E-state index in [0.717, 1.165) is 24.2 Å². The minimum atomic E-state index is -2.81. The standard InChI is InChI=1S/C24H35F3O/c1-3-28-21-15-14-20(22(23(21)25)24(26)27)13-8-17-6-11-19(12-7-17)18-9-4-16(2)5-10-18/h14-19,24H,3-13H2,1-2H3. The molecule has 0 atom stereocenters. The first-order chi connectivity index (χ1) is 13.5. The maximum absolute atomic E-state index is 14.4. The van der Waals surface area contributed by atoms with Crippen molar-refractivity contribution in [3.8, 4) is 5.75 Å². The molecule has 0 spiro atoms. The Morgan fingerprint density at radius 3 is 2.14 bits per heavy atom. The SMILES string of the molecule is CCOc1ccc(CCC2CCC(C3CCC(C)CC3)CC2)c(C(F)F)c1F. The Morgan fingerprint density at radius 2 is 1.57 bits per heavy atom. The topological polar surface area (TPSA) is 9.23 Å². The summed E-state index contributed by atoms with van der Waals surface area (Å²) in [6, 6.07) is 3.13. The molecule has 0 N–H and O–H groups in total. The number of hydrogen-bond acceptors (Lipinski definition) is 1. The van der Waals surface area contributed by atoms with E-state index in [0.29, 0.717) is 17.9 Å². The molecular formula is C24H35F3O. The van der Waals surface area contributed by atoms with E-state index in [1.165, 1.54) is 57.4 Å². The van der Waals surface area contributed by atoms with Crippen LogP contribution in [0.2, 0.25) is 0 Å². The van der Waals surface area contributed by atoms with Crippen molar-refractivity contribution in [3.05, 3.63) is 29.1 Å². The van der Waals surface area contributed by atoms with Gasteiger partial charge in [0.05, 0.1) is 12.2 Å². The second kappa shape index (κ2) is 10.0. The van der Waals surface area contributed by atoms with Gasteiger partial charge in [-0.15, -0.1) is 0 Å². The zero-order valence-electron chi connectivity index (χ0n) is 17.4. The van der Waals surface area contributed by atoms with Crippen LogP contribution in [0.5, 0.6) is 5.75 Å². The molecule has 0 radical (unpaired) electrons. The van der Waals surface area contributed by atoms with Gasteiger partial charge in [-0.2, -0.15) is 0 Å². The van der Waals surface area contributed by atoms with E-state index >= 15 is 0 Å². The van der Waals surface area contributed by atoms with Crippen molar-refractivity contribution in [3.63, 3.8) is 0 Å². The van der Waals surface area contributed by atoms with Crippen molar-refractivity contribution in [2.75, 3.05) is 6.61 Å². The summed E-state index contributed by atoms with van der Waals surface area (Å²) in [5.41, 5.74) is -0.0182. The van der Waals surface area contributed by atoms with Crippen molar-refractivity contribution in [2.24, 2.45) is 23.7 Å². The highest BCUT2D eigenvalue weighted by Crippen LogP contribution is 2.42. The second-order valence-electron chi connectivity index (χ2n) is 9.02. The van der Waals surface area contributed by atoms with Gasteiger partial charge in [0.1, 0.15) is 0 Å². The first-order valence-corrected chi connectivity index (χ1v) is 11.2. The maximum Gasteiger partial charge on any atom is 0.267 e. The molecule has 4 heteroatoms. The molecule has 28 heavy (non-hydrogen) atoms. The number of benzene rings is 1. The normalized spacial score (nSPS) is 28.5. The Morgan fingerprint density at radius 1 is 0.964 bits per heavy atom. The zero-order chi connectivity index (χ0) is 20.1. The Hall–Kier alpha value is -1.19. The smallest absolute Gasteiger partial charge is 0.267 e. The Kier molecular flexibility index (Phi) is 7.70. The minimum absolute atomic E-state index is 0.0659. The Labute approximate surface area is 168 Å². The van der Waals surface area contributed by atoms with Crippen LogP contribution in [0.4, 0.5) is 13.2 Å². The van der Waals surface area contributed by atoms with E-state index in [1.807, 2.05) is 0 Å². The Bertz CT molecular complexity index is 615. The molecule has 1 aromatic rings. The summed E-state index contributed by atoms with van der Waals surface area (Å²) < 4.78 is 46.5. The van der Waals surface area contributed by atoms with Gasteiger partial charge in [0.25, 0.3) is 6.43 Å². The lowest BCUT2D eigenvalue weighted by molar-refractivity contribution is 0.141. The molecule has 2 aliphatic carbocycles. The lowest BCUT2D eigenvalue weighted by Crippen LogP contribution is -2.25. The maximum atomic E-state index is 14.4. The van der Waals surface area contributed by atoms with Crippen LogP contribution in [0.3, 0.4) is 0 Å². The van der Waals surface area contributed by atoms with Crippen LogP contribution in [-0.2, 0) is 6.42 Å². The summed E-state index contributed by atoms with van der Waals surface area (Å²) in [6.07, 6.45) is 9.08. The fraction of sp³-hybridized carbons (Fsp3) is 0.750. The molecule has 158 valence electrons. The summed E-state index contributed by atoms with van der Waals surface area (Å²) in [6.45, 7) is 4.35. The summed E-state index contributed by atoms with van der Waals surface area (Å²) in [4.78, 5) is 0. The lowest BCUT2D eigenvalue weighted by Gasteiger charge is -2.37. The zero-order valence-corrected chi connectivity index (χ0v) is 17.4. The summed E-state index contributed by atoms with van der Waals surface area (Å²) in [7, 11) is 0. The van der Waals surface area contributed by atoms with Crippen LogP contribution < -0.4 is 4.74 Å². The highest BCUT2D eigenvalue weighted by Gasteiger charge is 2.30. The fourth-order valence-electron chi connectivity index (χ4n) is 5.40. The fourth-order valence-corrected chi connectivity index (χ4v) is 5.40. The van der Waals surface area contributed by atoms with Gasteiger partial charge in [-0.1, -0.05) is 38.7 Å². The molecule has 2 saturated carbocycles. The molecule has 0 unspecified atom stereocenters. The third-order valence-corrected chi connectivity index (χ3v) is 7.19. The van der Waals surface area contributed by atoms with Crippen LogP contribution in [0.25, 0.3) is 0 Å². The molecule has 0 heterocycles. The van der Waals surface area contributed by atoms with Gasteiger partial charge in [0, 0.05) is 0 Å². The quantitative estimate of drug-likeness (QED) is 0.458. The van der Waals surface area contributed by atoms with Crippen molar-refractivity contribution in [2.45, 2.75) is 84.5 Å². The van der Waals surface area contributed by atoms with E-state index in [1.54, 1.807) is 13.0 Å². The number of ether oxygens (including phenoxy) is 1. The molecule has 3 rings (SSSR count). The molecule has 1 nitrogen and oxygen atoms in total. The highest BCUT2D eigenvalue weighted by atomic mass is 19.3. The number of hydrogen-bond donors (Lipinski definition) is 0. The largest absolute Gasteiger partial charge is 0.491 e. The van der Waals surface area contributed by atoms with Gasteiger partial charge >= 0.3 is 0 Å². The lowest BCUT2D eigenvalue weighted by atomic mass is 9.69. The van der Waals surface area contributed by atoms with Crippen LogP contribution in [0, 0.1) is 29.5 Å². The average Bonchev–Trinajstić information content (AvgIpc) is 2.69. The summed E-state index contributed by atoms with van der Waals surface area (Å²) in [5, 5.41) is 0. The third-order valence-electron chi connectivity index (χ3n) is 7.19. The van der Waals surface area contributed by atoms with Crippen LogP contribution in [-0.4, -0.2) is 6.61 Å². The molecule has 2 fully saturated rings. The highest BCUT2D eigenvalue weighted by molar-refractivity contribution is 5.38. The molecular weight excluding hydrogens is 361 g/mol. The van der Waals surface area contributed by atoms with Crippen molar-refractivity contribution < 1.29 is 17.9 Å². The van der Waals surface area contributed by atoms with Crippen LogP contribution in [0.1, 0.15) is 89.2 Å². The van der Waals surface area contributed by atoms with Gasteiger partial charge < -0.3 is 4.74 Å². The van der Waals surface area contributed by atoms with E-state index in [9.17, 15) is 13.2 Å². The number of halogens is 3. The Balaban J connectivity index is 1.53. The van der Waals surface area contributed by atoms with E-state index in [2.05, 4.69) is 6.92 Å². The number of alkyl halides is 2. The van der Waals surface area contributed by atoms with Gasteiger partial charge in [-0.25, -0.2) is 13.2 Å². The summed E-state index contributed by atoms with van der Waals surface area (Å²) >= 11 is 0. The van der Waals surface area contributed by atoms with Crippen molar-refractivity contribution >= 4 is 0 Å². The number of aryl methyl sites for hydroxylation is 1. The second-order valence-corrected chi connectivity index (χ2v) is 9.02. The van der Waals surface area contributed by atoms with Gasteiger partial charge in [-0.3, -0.25) is 0 Å². The predicted octanol–water partition coefficient (Wildman–Crippen LogP) is 7.73. The third kappa shape index (κ3) is 5.24. The first-order valence-electron chi connectivity index (χ1n) is 11.2. The molecule has 0 bridgehead atoms. The molecule has 0 saturated heterocycles. The molecule has 2 aliphatic rings. The van der Waals surface area contributed by atoms with Crippen LogP contribution in [0.15, 0.2) is 12.1 Å². The van der Waals surface area contributed by atoms with Crippen molar-refractivity contribution in [1.29, 1.82) is 0 Å². The molecule has 0 aliphatic heterocycles. The van der Waals surface area contributed by atoms with Gasteiger partial charge in [-0.05, 0) is 80.8 Å². The predicted molar refractivity (Wildman–Crippen MR) is 107 cm³/mol. The van der Waals surface area contributed by atoms with Crippen molar-refractivity contribution in [1.82, 2.24) is 0 Å². The number of rotatable bonds is 7. The monoisotopic (exact) mass is 396 g/mol. The van der Waals surface area contributed by atoms with E-state index in [-0.39, 0.29) is 12.4 Å². The minimum Gasteiger partial charge on any atom is -0.491 e. The molecule has 0 amide bonds. The first kappa shape index (κ1) is 21.5.